The van der Waals surface area contributed by atoms with Crippen molar-refractivity contribution in [2.24, 2.45) is 5.73 Å². The van der Waals surface area contributed by atoms with Crippen molar-refractivity contribution < 1.29 is 28.5 Å². The van der Waals surface area contributed by atoms with Crippen molar-refractivity contribution in [3.63, 3.8) is 0 Å². The number of rotatable bonds is 12. The highest BCUT2D eigenvalue weighted by Crippen LogP contribution is 2.45. The average molecular weight is 543 g/mol. The Kier molecular flexibility index (Phi) is 9.53. The Morgan fingerprint density at radius 1 is 0.950 bits per heavy atom. The number of nitrogens with two attached hydrogens (primary N) is 1. The van der Waals surface area contributed by atoms with E-state index in [9.17, 15) is 10.1 Å². The number of carbonyl (C=O) groups is 1. The van der Waals surface area contributed by atoms with E-state index in [0.29, 0.717) is 47.3 Å². The first kappa shape index (κ1) is 28.4. The number of esters is 1. The molecule has 0 saturated heterocycles. The lowest BCUT2D eigenvalue weighted by atomic mass is 9.83. The van der Waals surface area contributed by atoms with Crippen molar-refractivity contribution in [2.75, 3.05) is 20.3 Å². The molecule has 1 atom stereocenters. The summed E-state index contributed by atoms with van der Waals surface area (Å²) >= 11 is 0. The van der Waals surface area contributed by atoms with Crippen LogP contribution in [0.1, 0.15) is 66.9 Å². The van der Waals surface area contributed by atoms with E-state index in [1.807, 2.05) is 25.1 Å². The second-order valence-electron chi connectivity index (χ2n) is 9.29. The first-order chi connectivity index (χ1) is 19.5. The van der Waals surface area contributed by atoms with Crippen LogP contribution in [0.25, 0.3) is 0 Å². The molecule has 208 valence electrons. The molecule has 4 rings (SSSR count). The molecule has 0 radical (unpaired) electrons. The van der Waals surface area contributed by atoms with Gasteiger partial charge in [0.15, 0.2) is 11.5 Å². The number of hydrogen-bond acceptors (Lipinski definition) is 8. The maximum atomic E-state index is 12.7. The molecule has 1 heterocycles. The van der Waals surface area contributed by atoms with E-state index in [-0.39, 0.29) is 17.2 Å². The van der Waals surface area contributed by atoms with E-state index < -0.39 is 11.9 Å². The quantitative estimate of drug-likeness (QED) is 0.157. The van der Waals surface area contributed by atoms with Gasteiger partial charge in [0.2, 0.25) is 5.88 Å². The van der Waals surface area contributed by atoms with Gasteiger partial charge < -0.3 is 29.4 Å². The molecule has 0 aliphatic carbocycles. The predicted octanol–water partition coefficient (Wildman–Crippen LogP) is 6.49. The summed E-state index contributed by atoms with van der Waals surface area (Å²) in [5.74, 6) is 1.53. The maximum absolute atomic E-state index is 12.7. The summed E-state index contributed by atoms with van der Waals surface area (Å²) in [7, 11) is 1.58. The van der Waals surface area contributed by atoms with Crippen molar-refractivity contribution in [1.29, 1.82) is 5.26 Å². The van der Waals surface area contributed by atoms with E-state index in [1.165, 1.54) is 6.42 Å². The van der Waals surface area contributed by atoms with Gasteiger partial charge in [-0.15, -0.1) is 0 Å². The standard InChI is InChI=1S/C32H34N2O6/c1-4-6-7-8-17-38-27-16-11-22(18-29(27)36-3)30-25-15-14-24(19-28(25)40-31(34)26(30)20-33)39-32(35)21-9-12-23(13-10-21)37-5-2/h9-16,18-19,30H,4-8,17,34H2,1-3H3. The fraction of sp³-hybridized carbons (Fsp3) is 0.312. The molecule has 3 aromatic rings. The summed E-state index contributed by atoms with van der Waals surface area (Å²) in [6.45, 7) is 5.20. The van der Waals surface area contributed by atoms with E-state index >= 15 is 0 Å². The first-order valence-corrected chi connectivity index (χ1v) is 13.5. The van der Waals surface area contributed by atoms with Gasteiger partial charge in [0.1, 0.15) is 28.9 Å². The lowest BCUT2D eigenvalue weighted by molar-refractivity contribution is 0.0734. The predicted molar refractivity (Wildman–Crippen MR) is 151 cm³/mol. The van der Waals surface area contributed by atoms with E-state index in [1.54, 1.807) is 49.6 Å². The Hall–Kier alpha value is -4.64. The van der Waals surface area contributed by atoms with Crippen molar-refractivity contribution in [2.45, 2.75) is 45.4 Å². The molecule has 40 heavy (non-hydrogen) atoms. The summed E-state index contributed by atoms with van der Waals surface area (Å²) in [4.78, 5) is 12.7. The Morgan fingerprint density at radius 2 is 1.73 bits per heavy atom. The van der Waals surface area contributed by atoms with Crippen LogP contribution < -0.4 is 29.4 Å². The SMILES string of the molecule is CCCCCCOc1ccc(C2C(C#N)=C(N)Oc3cc(OC(=O)c4ccc(OCC)cc4)ccc32)cc1OC. The first-order valence-electron chi connectivity index (χ1n) is 13.5. The lowest BCUT2D eigenvalue weighted by Crippen LogP contribution is -2.21. The molecule has 0 saturated carbocycles. The van der Waals surface area contributed by atoms with E-state index in [4.69, 9.17) is 29.4 Å². The van der Waals surface area contributed by atoms with Crippen molar-refractivity contribution in [3.05, 3.63) is 88.8 Å². The van der Waals surface area contributed by atoms with Crippen molar-refractivity contribution in [3.8, 4) is 34.8 Å². The number of benzene rings is 3. The second-order valence-corrected chi connectivity index (χ2v) is 9.29. The minimum Gasteiger partial charge on any atom is -0.494 e. The molecule has 0 aromatic heterocycles. The largest absolute Gasteiger partial charge is 0.494 e. The highest BCUT2D eigenvalue weighted by atomic mass is 16.5. The number of unbranched alkanes of at least 4 members (excludes halogenated alkanes) is 3. The smallest absolute Gasteiger partial charge is 0.343 e. The van der Waals surface area contributed by atoms with Gasteiger partial charge in [0.05, 0.1) is 31.8 Å². The number of hydrogen-bond donors (Lipinski definition) is 1. The number of nitriles is 1. The van der Waals surface area contributed by atoms with Crippen LogP contribution in [-0.2, 0) is 0 Å². The number of carbonyl (C=O) groups excluding carboxylic acids is 1. The number of ether oxygens (including phenoxy) is 5. The third-order valence-electron chi connectivity index (χ3n) is 6.58. The molecule has 1 unspecified atom stereocenters. The van der Waals surface area contributed by atoms with E-state index in [0.717, 1.165) is 24.8 Å². The summed E-state index contributed by atoms with van der Waals surface area (Å²) in [6, 6.07) is 19.5. The van der Waals surface area contributed by atoms with Gasteiger partial charge in [-0.2, -0.15) is 5.26 Å². The zero-order valence-corrected chi connectivity index (χ0v) is 23.1. The molecular formula is C32H34N2O6. The van der Waals surface area contributed by atoms with Crippen LogP contribution in [-0.4, -0.2) is 26.3 Å². The van der Waals surface area contributed by atoms with Crippen LogP contribution in [0.2, 0.25) is 0 Å². The molecule has 0 fully saturated rings. The van der Waals surface area contributed by atoms with E-state index in [2.05, 4.69) is 13.0 Å². The Morgan fingerprint density at radius 3 is 2.42 bits per heavy atom. The van der Waals surface area contributed by atoms with Crippen LogP contribution in [0, 0.1) is 11.3 Å². The summed E-state index contributed by atoms with van der Waals surface area (Å²) < 4.78 is 28.4. The topological polar surface area (TPSA) is 113 Å². The highest BCUT2D eigenvalue weighted by Gasteiger charge is 2.32. The second kappa shape index (κ2) is 13.4. The van der Waals surface area contributed by atoms with Crippen LogP contribution in [0.5, 0.6) is 28.7 Å². The Bertz CT molecular complexity index is 1410. The number of fused-ring (bicyclic) bond motifs is 1. The van der Waals surface area contributed by atoms with Crippen LogP contribution in [0.15, 0.2) is 72.1 Å². The number of allylic oxidation sites excluding steroid dienone is 1. The van der Waals surface area contributed by atoms with Crippen LogP contribution in [0.3, 0.4) is 0 Å². The van der Waals surface area contributed by atoms with Gasteiger partial charge in [-0.3, -0.25) is 0 Å². The zero-order valence-electron chi connectivity index (χ0n) is 23.1. The molecule has 3 aromatic carbocycles. The molecule has 1 aliphatic rings. The summed E-state index contributed by atoms with van der Waals surface area (Å²) in [5, 5.41) is 9.94. The van der Waals surface area contributed by atoms with Crippen LogP contribution in [0.4, 0.5) is 0 Å². The zero-order chi connectivity index (χ0) is 28.5. The monoisotopic (exact) mass is 542 g/mol. The third kappa shape index (κ3) is 6.49. The third-order valence-corrected chi connectivity index (χ3v) is 6.58. The maximum Gasteiger partial charge on any atom is 0.343 e. The number of nitrogens with zero attached hydrogens (tertiary/aromatic N) is 1. The molecular weight excluding hydrogens is 508 g/mol. The minimum absolute atomic E-state index is 0.00907. The molecule has 0 bridgehead atoms. The van der Waals surface area contributed by atoms with Gasteiger partial charge in [-0.05, 0) is 61.4 Å². The molecule has 0 amide bonds. The van der Waals surface area contributed by atoms with Gasteiger partial charge in [-0.1, -0.05) is 38.3 Å². The Balaban J connectivity index is 1.57. The summed E-state index contributed by atoms with van der Waals surface area (Å²) in [5.41, 5.74) is 8.34. The number of methoxy groups -OCH3 is 1. The normalized spacial score (nSPS) is 14.0. The van der Waals surface area contributed by atoms with Gasteiger partial charge in [0, 0.05) is 11.6 Å². The van der Waals surface area contributed by atoms with Crippen molar-refractivity contribution >= 4 is 5.97 Å². The average Bonchev–Trinajstić information content (AvgIpc) is 2.97. The molecule has 2 N–H and O–H groups in total. The molecule has 8 heteroatoms. The lowest BCUT2D eigenvalue weighted by Gasteiger charge is -2.27. The van der Waals surface area contributed by atoms with Crippen molar-refractivity contribution in [1.82, 2.24) is 0 Å². The molecule has 8 nitrogen and oxygen atoms in total. The van der Waals surface area contributed by atoms with Gasteiger partial charge in [-0.25, -0.2) is 4.79 Å². The fourth-order valence-electron chi connectivity index (χ4n) is 4.56. The molecule has 1 aliphatic heterocycles. The molecule has 0 spiro atoms. The van der Waals surface area contributed by atoms with Gasteiger partial charge >= 0.3 is 5.97 Å². The Labute approximate surface area is 234 Å². The minimum atomic E-state index is -0.522. The fourth-order valence-corrected chi connectivity index (χ4v) is 4.56. The highest BCUT2D eigenvalue weighted by molar-refractivity contribution is 5.91. The van der Waals surface area contributed by atoms with Gasteiger partial charge in [0.25, 0.3) is 0 Å². The summed E-state index contributed by atoms with van der Waals surface area (Å²) in [6.07, 6.45) is 4.42. The van der Waals surface area contributed by atoms with Crippen LogP contribution >= 0.6 is 0 Å².